The van der Waals surface area contributed by atoms with E-state index in [1.54, 1.807) is 45.6 Å². The number of amides is 2. The molecule has 1 aliphatic heterocycles. The van der Waals surface area contributed by atoms with Gasteiger partial charge in [-0.25, -0.2) is 0 Å². The fourth-order valence-corrected chi connectivity index (χ4v) is 4.44. The summed E-state index contributed by atoms with van der Waals surface area (Å²) in [6.45, 7) is 0.195. The van der Waals surface area contributed by atoms with Crippen molar-refractivity contribution >= 4 is 27.7 Å². The molecule has 0 saturated heterocycles. The first kappa shape index (κ1) is 23.4. The minimum absolute atomic E-state index is 0.195. The van der Waals surface area contributed by atoms with Gasteiger partial charge in [0.05, 0.1) is 32.5 Å². The van der Waals surface area contributed by atoms with Gasteiger partial charge >= 0.3 is 0 Å². The molecular formula is C27H22BrNO5. The second-order valence-corrected chi connectivity index (χ2v) is 7.90. The van der Waals surface area contributed by atoms with Crippen LogP contribution >= 0.6 is 15.9 Å². The topological polar surface area (TPSA) is 65.1 Å². The van der Waals surface area contributed by atoms with Crippen molar-refractivity contribution < 1.29 is 23.8 Å². The normalized spacial score (nSPS) is 12.2. The molecular weight excluding hydrogens is 498 g/mol. The Morgan fingerprint density at radius 1 is 0.765 bits per heavy atom. The summed E-state index contributed by atoms with van der Waals surface area (Å²) in [4.78, 5) is 29.7. The Morgan fingerprint density at radius 2 is 1.32 bits per heavy atom. The van der Waals surface area contributed by atoms with Gasteiger partial charge in [-0.3, -0.25) is 14.5 Å². The molecule has 0 radical (unpaired) electrons. The second kappa shape index (κ2) is 10.0. The molecule has 0 fully saturated rings. The molecule has 7 heteroatoms. The van der Waals surface area contributed by atoms with Crippen LogP contribution in [0.5, 0.6) is 17.2 Å². The number of carbonyl (C=O) groups is 2. The summed E-state index contributed by atoms with van der Waals surface area (Å²) in [5, 5.41) is 0. The lowest BCUT2D eigenvalue weighted by Crippen LogP contribution is -2.31. The molecule has 0 aliphatic carbocycles. The summed E-state index contributed by atoms with van der Waals surface area (Å²) in [6.07, 6.45) is 0.369. The van der Waals surface area contributed by atoms with Gasteiger partial charge < -0.3 is 14.2 Å². The molecule has 0 atom stereocenters. The van der Waals surface area contributed by atoms with Crippen molar-refractivity contribution in [2.75, 3.05) is 27.9 Å². The number of rotatable bonds is 7. The van der Waals surface area contributed by atoms with E-state index in [0.717, 1.165) is 22.3 Å². The van der Waals surface area contributed by atoms with Gasteiger partial charge in [-0.15, -0.1) is 0 Å². The number of fused-ring (bicyclic) bond motifs is 1. The third kappa shape index (κ3) is 4.02. The first-order valence-corrected chi connectivity index (χ1v) is 11.3. The number of carbonyl (C=O) groups excluding carboxylic acids is 2. The maximum atomic E-state index is 12.8. The number of nitrogens with zero attached hydrogens (tertiary/aromatic N) is 1. The van der Waals surface area contributed by atoms with Crippen LogP contribution in [0.15, 0.2) is 54.6 Å². The van der Waals surface area contributed by atoms with Crippen molar-refractivity contribution in [2.24, 2.45) is 0 Å². The predicted molar refractivity (Wildman–Crippen MR) is 133 cm³/mol. The Hall–Kier alpha value is -3.76. The lowest BCUT2D eigenvalue weighted by molar-refractivity contribution is 0.0656. The molecule has 0 unspecified atom stereocenters. The van der Waals surface area contributed by atoms with Crippen LogP contribution in [0.3, 0.4) is 0 Å². The van der Waals surface area contributed by atoms with Gasteiger partial charge in [-0.05, 0) is 35.5 Å². The minimum atomic E-state index is -0.293. The summed E-state index contributed by atoms with van der Waals surface area (Å²) in [5.74, 6) is 3.89. The molecule has 0 saturated carbocycles. The largest absolute Gasteiger partial charge is 0.492 e. The standard InChI is InChI=1S/C27H22BrNO5/c1-32-23-18(13-15-29-26(30)20-10-6-7-11-21(20)27(29)31)16-22(24(33-2)25(23)34-3)19-9-5-4-8-17(19)12-14-28/h4-11,16H,13,15H2,1-3H3. The van der Waals surface area contributed by atoms with Crippen molar-refractivity contribution in [3.8, 4) is 39.1 Å². The molecule has 4 rings (SSSR count). The van der Waals surface area contributed by atoms with Gasteiger partial charge in [0.15, 0.2) is 11.5 Å². The van der Waals surface area contributed by atoms with Crippen molar-refractivity contribution in [2.45, 2.75) is 6.42 Å². The summed E-state index contributed by atoms with van der Waals surface area (Å²) < 4.78 is 17.1. The molecule has 34 heavy (non-hydrogen) atoms. The molecule has 3 aromatic carbocycles. The maximum Gasteiger partial charge on any atom is 0.261 e. The van der Waals surface area contributed by atoms with Crippen LogP contribution in [-0.4, -0.2) is 44.6 Å². The van der Waals surface area contributed by atoms with E-state index in [2.05, 4.69) is 26.7 Å². The van der Waals surface area contributed by atoms with E-state index in [0.29, 0.717) is 34.8 Å². The number of ether oxygens (including phenoxy) is 3. The van der Waals surface area contributed by atoms with E-state index in [4.69, 9.17) is 14.2 Å². The number of benzene rings is 3. The van der Waals surface area contributed by atoms with E-state index in [9.17, 15) is 9.59 Å². The highest BCUT2D eigenvalue weighted by Crippen LogP contribution is 2.47. The molecule has 0 spiro atoms. The fraction of sp³-hybridized carbons (Fsp3) is 0.185. The number of methoxy groups -OCH3 is 3. The van der Waals surface area contributed by atoms with Crippen molar-refractivity contribution in [1.29, 1.82) is 0 Å². The summed E-state index contributed by atoms with van der Waals surface area (Å²) in [7, 11) is 4.66. The van der Waals surface area contributed by atoms with Crippen molar-refractivity contribution in [3.63, 3.8) is 0 Å². The molecule has 172 valence electrons. The van der Waals surface area contributed by atoms with Crippen molar-refractivity contribution in [3.05, 3.63) is 76.9 Å². The highest BCUT2D eigenvalue weighted by Gasteiger charge is 2.35. The number of hydrogen-bond donors (Lipinski definition) is 0. The van der Waals surface area contributed by atoms with Crippen LogP contribution in [0.25, 0.3) is 11.1 Å². The monoisotopic (exact) mass is 519 g/mol. The zero-order valence-corrected chi connectivity index (χ0v) is 20.6. The van der Waals surface area contributed by atoms with E-state index in [-0.39, 0.29) is 18.4 Å². The average Bonchev–Trinajstić information content (AvgIpc) is 3.11. The SMILES string of the molecule is COc1c(CCN2C(=O)c3ccccc3C2=O)cc(-c2ccccc2C#CBr)c(OC)c1OC. The van der Waals surface area contributed by atoms with Crippen LogP contribution in [0.2, 0.25) is 0 Å². The number of hydrogen-bond acceptors (Lipinski definition) is 5. The number of imide groups is 1. The lowest BCUT2D eigenvalue weighted by Gasteiger charge is -2.21. The van der Waals surface area contributed by atoms with Gasteiger partial charge in [0.2, 0.25) is 5.75 Å². The van der Waals surface area contributed by atoms with E-state index < -0.39 is 0 Å². The third-order valence-corrected chi connectivity index (χ3v) is 5.96. The average molecular weight is 520 g/mol. The molecule has 0 bridgehead atoms. The molecule has 1 aliphatic rings. The summed E-state index contributed by atoms with van der Waals surface area (Å²) >= 11 is 3.17. The Morgan fingerprint density at radius 3 is 1.88 bits per heavy atom. The highest BCUT2D eigenvalue weighted by atomic mass is 79.9. The van der Waals surface area contributed by atoms with Crippen LogP contribution in [0.4, 0.5) is 0 Å². The minimum Gasteiger partial charge on any atom is -0.492 e. The predicted octanol–water partition coefficient (Wildman–Crippen LogP) is 4.92. The Kier molecular flexibility index (Phi) is 6.90. The quantitative estimate of drug-likeness (QED) is 0.327. The Bertz CT molecular complexity index is 1300. The molecule has 0 N–H and O–H groups in total. The lowest BCUT2D eigenvalue weighted by atomic mass is 9.95. The molecule has 6 nitrogen and oxygen atoms in total. The zero-order valence-electron chi connectivity index (χ0n) is 19.0. The maximum absolute atomic E-state index is 12.8. The zero-order chi connectivity index (χ0) is 24.2. The second-order valence-electron chi connectivity index (χ2n) is 7.51. The van der Waals surface area contributed by atoms with Gasteiger partial charge in [-0.2, -0.15) is 0 Å². The Balaban J connectivity index is 1.78. The van der Waals surface area contributed by atoms with Crippen molar-refractivity contribution in [1.82, 2.24) is 4.90 Å². The molecule has 0 aromatic heterocycles. The van der Waals surface area contributed by atoms with Crippen LogP contribution in [-0.2, 0) is 6.42 Å². The first-order chi connectivity index (χ1) is 16.5. The summed E-state index contributed by atoms with van der Waals surface area (Å²) in [5.41, 5.74) is 4.05. The summed E-state index contributed by atoms with van der Waals surface area (Å²) in [6, 6.07) is 16.5. The van der Waals surface area contributed by atoms with Gasteiger partial charge in [-0.1, -0.05) is 36.3 Å². The van der Waals surface area contributed by atoms with Crippen LogP contribution < -0.4 is 14.2 Å². The fourth-order valence-electron chi connectivity index (χ4n) is 4.23. The van der Waals surface area contributed by atoms with Crippen LogP contribution in [0, 0.1) is 10.8 Å². The van der Waals surface area contributed by atoms with Gasteiger partial charge in [0.25, 0.3) is 11.8 Å². The smallest absolute Gasteiger partial charge is 0.261 e. The Labute approximate surface area is 206 Å². The third-order valence-electron chi connectivity index (χ3n) is 5.76. The van der Waals surface area contributed by atoms with E-state index >= 15 is 0 Å². The van der Waals surface area contributed by atoms with Gasteiger partial charge in [0, 0.05) is 44.7 Å². The van der Waals surface area contributed by atoms with Gasteiger partial charge in [0.1, 0.15) is 0 Å². The van der Waals surface area contributed by atoms with E-state index in [1.807, 2.05) is 30.3 Å². The first-order valence-electron chi connectivity index (χ1n) is 10.5. The number of halogens is 1. The molecule has 3 aromatic rings. The molecule has 1 heterocycles. The molecule has 2 amide bonds. The van der Waals surface area contributed by atoms with Crippen LogP contribution in [0.1, 0.15) is 31.8 Å². The van der Waals surface area contributed by atoms with E-state index in [1.165, 1.54) is 4.90 Å². The highest BCUT2D eigenvalue weighted by molar-refractivity contribution is 9.12.